The Bertz CT molecular complexity index is 879. The Morgan fingerprint density at radius 2 is 2.00 bits per heavy atom. The van der Waals surface area contributed by atoms with Crippen LogP contribution in [0.2, 0.25) is 0 Å². The summed E-state index contributed by atoms with van der Waals surface area (Å²) in [4.78, 5) is 12.3. The van der Waals surface area contributed by atoms with Crippen LogP contribution in [0.25, 0.3) is 11.6 Å². The normalized spacial score (nSPS) is 10.8. The number of aromatic nitrogens is 4. The number of rotatable bonds is 8. The maximum atomic E-state index is 12.3. The van der Waals surface area contributed by atoms with E-state index in [1.165, 1.54) is 0 Å². The molecule has 2 heterocycles. The zero-order valence-corrected chi connectivity index (χ0v) is 15.7. The van der Waals surface area contributed by atoms with Gasteiger partial charge in [-0.05, 0) is 43.7 Å². The molecule has 0 saturated heterocycles. The first-order valence-corrected chi connectivity index (χ1v) is 8.95. The van der Waals surface area contributed by atoms with Gasteiger partial charge < -0.3 is 9.15 Å². The van der Waals surface area contributed by atoms with Crippen LogP contribution in [0.4, 0.5) is 6.01 Å². The van der Waals surface area contributed by atoms with Gasteiger partial charge in [0.1, 0.15) is 11.4 Å². The average molecular weight is 369 g/mol. The Kier molecular flexibility index (Phi) is 5.85. The quantitative estimate of drug-likeness (QED) is 0.610. The first-order chi connectivity index (χ1) is 13.1. The lowest BCUT2D eigenvalue weighted by Gasteiger charge is -2.06. The number of ether oxygens (including phenoxy) is 1. The van der Waals surface area contributed by atoms with Gasteiger partial charge in [0.15, 0.2) is 0 Å². The number of nitrogens with zero attached hydrogens (tertiary/aromatic N) is 4. The van der Waals surface area contributed by atoms with E-state index in [1.807, 2.05) is 20.0 Å². The van der Waals surface area contributed by atoms with Crippen molar-refractivity contribution in [3.8, 4) is 17.3 Å². The molecule has 8 nitrogen and oxygen atoms in total. The molecule has 1 amide bonds. The van der Waals surface area contributed by atoms with Gasteiger partial charge in [0.2, 0.25) is 0 Å². The van der Waals surface area contributed by atoms with Crippen molar-refractivity contribution in [2.45, 2.75) is 33.1 Å². The van der Waals surface area contributed by atoms with Gasteiger partial charge in [-0.25, -0.2) is 0 Å². The lowest BCUT2D eigenvalue weighted by molar-refractivity contribution is 0.102. The first-order valence-electron chi connectivity index (χ1n) is 8.95. The van der Waals surface area contributed by atoms with Crippen LogP contribution < -0.4 is 10.1 Å². The number of hydrogen-bond donors (Lipinski definition) is 1. The van der Waals surface area contributed by atoms with E-state index in [0.717, 1.165) is 30.7 Å². The van der Waals surface area contributed by atoms with Crippen molar-refractivity contribution < 1.29 is 13.9 Å². The number of unbranched alkanes of at least 4 members (excludes halogenated alkanes) is 2. The first kappa shape index (κ1) is 18.6. The molecule has 0 spiro atoms. The number of benzene rings is 1. The minimum absolute atomic E-state index is 0.0261. The van der Waals surface area contributed by atoms with Gasteiger partial charge in [-0.15, -0.1) is 5.10 Å². The van der Waals surface area contributed by atoms with Gasteiger partial charge in [-0.1, -0.05) is 24.9 Å². The third-order valence-corrected chi connectivity index (χ3v) is 4.11. The van der Waals surface area contributed by atoms with E-state index >= 15 is 0 Å². The van der Waals surface area contributed by atoms with Crippen LogP contribution in [0.3, 0.4) is 0 Å². The smallest absolute Gasteiger partial charge is 0.322 e. The van der Waals surface area contributed by atoms with Crippen LogP contribution in [0.1, 0.15) is 42.2 Å². The monoisotopic (exact) mass is 369 g/mol. The lowest BCUT2D eigenvalue weighted by atomic mass is 10.2. The van der Waals surface area contributed by atoms with Crippen molar-refractivity contribution >= 4 is 11.9 Å². The summed E-state index contributed by atoms with van der Waals surface area (Å²) >= 11 is 0. The Labute approximate surface area is 157 Å². The summed E-state index contributed by atoms with van der Waals surface area (Å²) in [5.41, 5.74) is 2.00. The molecule has 0 bridgehead atoms. The molecule has 0 fully saturated rings. The predicted octanol–water partition coefficient (Wildman–Crippen LogP) is 3.60. The number of hydrogen-bond acceptors (Lipinski definition) is 6. The fraction of sp³-hybridized carbons (Fsp3) is 0.368. The van der Waals surface area contributed by atoms with Gasteiger partial charge in [0.25, 0.3) is 11.8 Å². The van der Waals surface area contributed by atoms with E-state index in [1.54, 1.807) is 28.9 Å². The Morgan fingerprint density at radius 1 is 1.22 bits per heavy atom. The van der Waals surface area contributed by atoms with Crippen molar-refractivity contribution in [2.75, 3.05) is 11.9 Å². The van der Waals surface area contributed by atoms with Crippen molar-refractivity contribution in [3.05, 3.63) is 41.6 Å². The molecule has 0 aliphatic rings. The van der Waals surface area contributed by atoms with Gasteiger partial charge >= 0.3 is 6.01 Å². The van der Waals surface area contributed by atoms with Crippen LogP contribution in [-0.2, 0) is 7.05 Å². The van der Waals surface area contributed by atoms with Crippen LogP contribution >= 0.6 is 0 Å². The minimum atomic E-state index is -0.333. The van der Waals surface area contributed by atoms with Crippen molar-refractivity contribution in [1.82, 2.24) is 20.0 Å². The van der Waals surface area contributed by atoms with Crippen molar-refractivity contribution in [3.63, 3.8) is 0 Å². The van der Waals surface area contributed by atoms with Crippen molar-refractivity contribution in [2.24, 2.45) is 7.05 Å². The van der Waals surface area contributed by atoms with Gasteiger partial charge in [-0.3, -0.25) is 14.8 Å². The maximum absolute atomic E-state index is 12.3. The molecule has 8 heteroatoms. The van der Waals surface area contributed by atoms with Gasteiger partial charge in [0, 0.05) is 18.3 Å². The number of amides is 1. The largest absolute Gasteiger partial charge is 0.494 e. The Balaban J connectivity index is 1.59. The molecule has 2 aromatic heterocycles. The molecule has 0 aliphatic carbocycles. The summed E-state index contributed by atoms with van der Waals surface area (Å²) in [5, 5.41) is 14.6. The molecule has 142 valence electrons. The fourth-order valence-electron chi connectivity index (χ4n) is 2.46. The number of carbonyl (C=O) groups is 1. The lowest BCUT2D eigenvalue weighted by Crippen LogP contribution is -2.12. The molecule has 0 atom stereocenters. The SMILES string of the molecule is CCCCCOc1ccc(C(=O)Nc2nnc(-c3cc(C)n(C)n3)o2)cc1. The summed E-state index contributed by atoms with van der Waals surface area (Å²) in [6.45, 7) is 4.75. The molecule has 1 aromatic carbocycles. The van der Waals surface area contributed by atoms with E-state index in [-0.39, 0.29) is 17.8 Å². The molecular formula is C19H23N5O3. The second-order valence-electron chi connectivity index (χ2n) is 6.24. The molecule has 0 radical (unpaired) electrons. The van der Waals surface area contributed by atoms with E-state index in [2.05, 4.69) is 27.5 Å². The highest BCUT2D eigenvalue weighted by atomic mass is 16.5. The maximum Gasteiger partial charge on any atom is 0.322 e. The van der Waals surface area contributed by atoms with Crippen LogP contribution in [0.15, 0.2) is 34.7 Å². The summed E-state index contributed by atoms with van der Waals surface area (Å²) in [6.07, 6.45) is 3.32. The molecule has 3 aromatic rings. The topological polar surface area (TPSA) is 95.1 Å². The molecule has 0 saturated carbocycles. The second-order valence-corrected chi connectivity index (χ2v) is 6.24. The van der Waals surface area contributed by atoms with Crippen LogP contribution in [-0.4, -0.2) is 32.5 Å². The van der Waals surface area contributed by atoms with E-state index < -0.39 is 0 Å². The van der Waals surface area contributed by atoms with E-state index in [9.17, 15) is 4.79 Å². The third kappa shape index (κ3) is 4.72. The molecule has 3 rings (SSSR count). The van der Waals surface area contributed by atoms with E-state index in [0.29, 0.717) is 17.9 Å². The number of aryl methyl sites for hydroxylation is 2. The highest BCUT2D eigenvalue weighted by Gasteiger charge is 2.15. The Morgan fingerprint density at radius 3 is 2.67 bits per heavy atom. The third-order valence-electron chi connectivity index (χ3n) is 4.11. The van der Waals surface area contributed by atoms with Crippen LogP contribution in [0.5, 0.6) is 5.75 Å². The number of nitrogens with one attached hydrogen (secondary N) is 1. The van der Waals surface area contributed by atoms with E-state index in [4.69, 9.17) is 9.15 Å². The summed E-state index contributed by atoms with van der Waals surface area (Å²) in [7, 11) is 1.83. The second kappa shape index (κ2) is 8.48. The number of anilines is 1. The summed E-state index contributed by atoms with van der Waals surface area (Å²) in [5.74, 6) is 0.665. The zero-order chi connectivity index (χ0) is 19.2. The zero-order valence-electron chi connectivity index (χ0n) is 15.7. The predicted molar refractivity (Wildman–Crippen MR) is 101 cm³/mol. The standard InChI is InChI=1S/C19H23N5O3/c1-4-5-6-11-26-15-9-7-14(8-10-15)17(25)20-19-22-21-18(27-19)16-12-13(2)24(3)23-16/h7-10,12H,4-6,11H2,1-3H3,(H,20,22,25). The Hall–Kier alpha value is -3.16. The number of carbonyl (C=O) groups excluding carboxylic acids is 1. The molecular weight excluding hydrogens is 346 g/mol. The van der Waals surface area contributed by atoms with Crippen LogP contribution in [0, 0.1) is 6.92 Å². The summed E-state index contributed by atoms with van der Waals surface area (Å²) in [6, 6.07) is 8.80. The van der Waals surface area contributed by atoms with Gasteiger partial charge in [0.05, 0.1) is 6.61 Å². The van der Waals surface area contributed by atoms with Gasteiger partial charge in [-0.2, -0.15) is 5.10 Å². The average Bonchev–Trinajstić information content (AvgIpc) is 3.26. The molecule has 1 N–H and O–H groups in total. The fourth-order valence-corrected chi connectivity index (χ4v) is 2.46. The highest BCUT2D eigenvalue weighted by molar-refractivity contribution is 6.03. The van der Waals surface area contributed by atoms with Crippen molar-refractivity contribution in [1.29, 1.82) is 0 Å². The highest BCUT2D eigenvalue weighted by Crippen LogP contribution is 2.20. The molecule has 0 unspecified atom stereocenters. The summed E-state index contributed by atoms with van der Waals surface area (Å²) < 4.78 is 12.8. The molecule has 27 heavy (non-hydrogen) atoms. The molecule has 0 aliphatic heterocycles. The minimum Gasteiger partial charge on any atom is -0.494 e.